The minimum absolute atomic E-state index is 0.0490. The van der Waals surface area contributed by atoms with Gasteiger partial charge in [0.15, 0.2) is 0 Å². The molecule has 0 N–H and O–H groups in total. The van der Waals surface area contributed by atoms with Crippen molar-refractivity contribution in [2.75, 3.05) is 11.0 Å². The number of likely N-dealkylation sites (tertiary alicyclic amines) is 1. The number of fused-ring (bicyclic) bond motifs is 1. The van der Waals surface area contributed by atoms with Gasteiger partial charge in [-0.3, -0.25) is 4.90 Å². The van der Waals surface area contributed by atoms with Gasteiger partial charge in [-0.2, -0.15) is 0 Å². The molecule has 3 aromatic carbocycles. The molecule has 0 saturated carbocycles. The molecule has 0 bridgehead atoms. The minimum atomic E-state index is -0.627. The number of rotatable bonds is 11. The molecule has 2 aliphatic heterocycles. The summed E-state index contributed by atoms with van der Waals surface area (Å²) >= 11 is 2.35. The van der Waals surface area contributed by atoms with Crippen LogP contribution in [0.4, 0.5) is 4.79 Å². The van der Waals surface area contributed by atoms with Crippen molar-refractivity contribution in [2.45, 2.75) is 89.1 Å². The lowest BCUT2D eigenvalue weighted by Gasteiger charge is -2.46. The molecular formula is C35H42INO6. The molecule has 5 rings (SSSR count). The number of ether oxygens (including phenoxy) is 5. The van der Waals surface area contributed by atoms with Gasteiger partial charge in [-0.15, -0.1) is 0 Å². The highest BCUT2D eigenvalue weighted by molar-refractivity contribution is 14.1. The summed E-state index contributed by atoms with van der Waals surface area (Å²) in [6.45, 7) is 7.25. The van der Waals surface area contributed by atoms with E-state index in [1.807, 2.05) is 117 Å². The number of carbonyl (C=O) groups is 1. The van der Waals surface area contributed by atoms with Crippen LogP contribution in [0.3, 0.4) is 0 Å². The van der Waals surface area contributed by atoms with E-state index < -0.39 is 17.8 Å². The summed E-state index contributed by atoms with van der Waals surface area (Å²) in [5.74, 6) is 0. The van der Waals surface area contributed by atoms with Crippen LogP contribution in [-0.4, -0.2) is 64.1 Å². The van der Waals surface area contributed by atoms with Crippen LogP contribution in [0.25, 0.3) is 0 Å². The standard InChI is InChI=1S/C35H42INO6/c1-35(2,3)43-34(38)37-28(20-36)19-29-31(37)33(41-23-27-17-11-6-12-18-27)32(40-22-26-15-9-5-10-16-26)30(42-29)24-39-21-25-13-7-4-8-14-25/h4-18,28-33H,19-24H2,1-3H3/t28-,29+,30?,31?,32+,33+/m0/s1. The van der Waals surface area contributed by atoms with Crippen molar-refractivity contribution in [3.8, 4) is 0 Å². The molecule has 2 fully saturated rings. The van der Waals surface area contributed by atoms with Crippen molar-refractivity contribution in [3.05, 3.63) is 108 Å². The Labute approximate surface area is 268 Å². The third-order valence-corrected chi connectivity index (χ3v) is 8.74. The monoisotopic (exact) mass is 699 g/mol. The average Bonchev–Trinajstić information content (AvgIpc) is 3.38. The van der Waals surface area contributed by atoms with Crippen LogP contribution in [0, 0.1) is 0 Å². The molecule has 6 atom stereocenters. The quantitative estimate of drug-likeness (QED) is 0.160. The van der Waals surface area contributed by atoms with Gasteiger partial charge in [-0.25, -0.2) is 4.79 Å². The van der Waals surface area contributed by atoms with Crippen LogP contribution in [-0.2, 0) is 43.5 Å². The molecule has 0 aromatic heterocycles. The number of hydrogen-bond donors (Lipinski definition) is 0. The minimum Gasteiger partial charge on any atom is -0.444 e. The number of amides is 1. The lowest BCUT2D eigenvalue weighted by molar-refractivity contribution is -0.234. The molecule has 230 valence electrons. The van der Waals surface area contributed by atoms with Gasteiger partial charge >= 0.3 is 6.09 Å². The predicted octanol–water partition coefficient (Wildman–Crippen LogP) is 6.95. The topological polar surface area (TPSA) is 66.5 Å². The fraction of sp³-hybridized carbons (Fsp3) is 0.457. The Bertz CT molecular complexity index is 1270. The second kappa shape index (κ2) is 15.0. The molecular weight excluding hydrogens is 657 g/mol. The zero-order chi connectivity index (χ0) is 30.2. The zero-order valence-electron chi connectivity index (χ0n) is 25.1. The Morgan fingerprint density at radius 1 is 0.814 bits per heavy atom. The zero-order valence-corrected chi connectivity index (χ0v) is 27.3. The van der Waals surface area contributed by atoms with Gasteiger partial charge < -0.3 is 23.7 Å². The van der Waals surface area contributed by atoms with E-state index in [0.717, 1.165) is 21.1 Å². The van der Waals surface area contributed by atoms with Crippen molar-refractivity contribution < 1.29 is 28.5 Å². The van der Waals surface area contributed by atoms with Gasteiger partial charge in [0.05, 0.1) is 38.6 Å². The number of nitrogens with zero attached hydrogens (tertiary/aromatic N) is 1. The summed E-state index contributed by atoms with van der Waals surface area (Å²) in [5, 5.41) is 0. The fourth-order valence-electron chi connectivity index (χ4n) is 5.81. The van der Waals surface area contributed by atoms with E-state index in [0.29, 0.717) is 32.8 Å². The molecule has 0 aliphatic carbocycles. The van der Waals surface area contributed by atoms with Gasteiger partial charge in [0.1, 0.15) is 23.9 Å². The van der Waals surface area contributed by atoms with Gasteiger partial charge in [-0.05, 0) is 43.9 Å². The molecule has 1 amide bonds. The molecule has 7 nitrogen and oxygen atoms in total. The maximum absolute atomic E-state index is 13.7. The first-order chi connectivity index (χ1) is 20.8. The summed E-state index contributed by atoms with van der Waals surface area (Å²) in [6, 6.07) is 29.9. The largest absolute Gasteiger partial charge is 0.444 e. The van der Waals surface area contributed by atoms with Gasteiger partial charge in [-0.1, -0.05) is 114 Å². The Balaban J connectivity index is 1.45. The van der Waals surface area contributed by atoms with Gasteiger partial charge in [0.25, 0.3) is 0 Å². The summed E-state index contributed by atoms with van der Waals surface area (Å²) in [4.78, 5) is 15.6. The Hall–Kier alpha value is -2.50. The first kappa shape index (κ1) is 31.9. The molecule has 3 aromatic rings. The Morgan fingerprint density at radius 3 is 1.84 bits per heavy atom. The third kappa shape index (κ3) is 8.57. The fourth-order valence-corrected chi connectivity index (χ4v) is 6.59. The lowest BCUT2D eigenvalue weighted by atomic mass is 9.92. The smallest absolute Gasteiger partial charge is 0.410 e. The first-order valence-electron chi connectivity index (χ1n) is 15.0. The van der Waals surface area contributed by atoms with E-state index in [1.165, 1.54) is 0 Å². The Morgan fingerprint density at radius 2 is 1.33 bits per heavy atom. The maximum atomic E-state index is 13.7. The van der Waals surface area contributed by atoms with Gasteiger partial charge in [0.2, 0.25) is 0 Å². The highest BCUT2D eigenvalue weighted by Gasteiger charge is 2.57. The number of carbonyl (C=O) groups excluding carboxylic acids is 1. The number of alkyl halides is 1. The van der Waals surface area contributed by atoms with E-state index in [9.17, 15) is 4.79 Å². The summed E-state index contributed by atoms with van der Waals surface area (Å²) < 4.78 is 33.1. The predicted molar refractivity (Wildman–Crippen MR) is 174 cm³/mol. The molecule has 0 spiro atoms. The lowest BCUT2D eigenvalue weighted by Crippen LogP contribution is -2.63. The third-order valence-electron chi connectivity index (χ3n) is 7.72. The van der Waals surface area contributed by atoms with Crippen LogP contribution in [0.2, 0.25) is 0 Å². The number of halogens is 1. The summed E-state index contributed by atoms with van der Waals surface area (Å²) in [6.07, 6.45) is -1.23. The number of hydrogen-bond acceptors (Lipinski definition) is 6. The normalized spacial score (nSPS) is 25.3. The van der Waals surface area contributed by atoms with E-state index in [2.05, 4.69) is 22.6 Å². The SMILES string of the molecule is CC(C)(C)OC(=O)N1C2[C@@H](OCc3ccccc3)[C@H](OCc3ccccc3)C(COCc3ccccc3)O[C@@H]2C[C@H]1CI. The van der Waals surface area contributed by atoms with Crippen LogP contribution in [0.1, 0.15) is 43.9 Å². The molecule has 2 unspecified atom stereocenters. The van der Waals surface area contributed by atoms with E-state index in [4.69, 9.17) is 23.7 Å². The molecule has 2 saturated heterocycles. The highest BCUT2D eigenvalue weighted by Crippen LogP contribution is 2.40. The first-order valence-corrected chi connectivity index (χ1v) is 16.5. The molecule has 43 heavy (non-hydrogen) atoms. The molecule has 2 aliphatic rings. The maximum Gasteiger partial charge on any atom is 0.410 e. The van der Waals surface area contributed by atoms with Crippen molar-refractivity contribution >= 4 is 28.7 Å². The molecule has 8 heteroatoms. The van der Waals surface area contributed by atoms with Crippen LogP contribution >= 0.6 is 22.6 Å². The van der Waals surface area contributed by atoms with Crippen LogP contribution < -0.4 is 0 Å². The van der Waals surface area contributed by atoms with Crippen molar-refractivity contribution in [3.63, 3.8) is 0 Å². The second-order valence-corrected chi connectivity index (χ2v) is 13.0. The van der Waals surface area contributed by atoms with Crippen LogP contribution in [0.15, 0.2) is 91.0 Å². The van der Waals surface area contributed by atoms with Crippen molar-refractivity contribution in [1.82, 2.24) is 4.90 Å². The van der Waals surface area contributed by atoms with E-state index in [-0.39, 0.29) is 30.4 Å². The van der Waals surface area contributed by atoms with E-state index in [1.54, 1.807) is 0 Å². The Kier molecular flexibility index (Phi) is 11.1. The van der Waals surface area contributed by atoms with Crippen molar-refractivity contribution in [1.29, 1.82) is 0 Å². The molecule has 0 radical (unpaired) electrons. The van der Waals surface area contributed by atoms with Crippen LogP contribution in [0.5, 0.6) is 0 Å². The summed E-state index contributed by atoms with van der Waals surface area (Å²) in [7, 11) is 0. The average molecular weight is 700 g/mol. The number of benzene rings is 3. The molecule has 2 heterocycles. The van der Waals surface area contributed by atoms with E-state index >= 15 is 0 Å². The van der Waals surface area contributed by atoms with Gasteiger partial charge in [0, 0.05) is 10.5 Å². The van der Waals surface area contributed by atoms with Crippen molar-refractivity contribution in [2.24, 2.45) is 0 Å². The highest BCUT2D eigenvalue weighted by atomic mass is 127. The second-order valence-electron chi connectivity index (χ2n) is 12.2. The summed E-state index contributed by atoms with van der Waals surface area (Å²) in [5.41, 5.74) is 2.57.